The standard InChI is InChI=1S/C29H24O2/c1-28(2)23-8-4-6-10-25(23)29(26-11-7-5-9-24(26)28)17-16-22-21-14-13-20(30-3)18-19(21)12-15-27(22)31-29/h4-18H,1-3H3. The van der Waals surface area contributed by atoms with Crippen molar-refractivity contribution in [3.8, 4) is 11.5 Å². The quantitative estimate of drug-likeness (QED) is 0.346. The Kier molecular flexibility index (Phi) is 3.68. The van der Waals surface area contributed by atoms with E-state index < -0.39 is 5.60 Å². The van der Waals surface area contributed by atoms with Gasteiger partial charge in [0.25, 0.3) is 0 Å². The van der Waals surface area contributed by atoms with E-state index in [-0.39, 0.29) is 5.41 Å². The molecule has 0 saturated carbocycles. The summed E-state index contributed by atoms with van der Waals surface area (Å²) in [4.78, 5) is 0. The molecule has 2 aliphatic rings. The lowest BCUT2D eigenvalue weighted by molar-refractivity contribution is 0.152. The molecule has 1 aliphatic heterocycles. The summed E-state index contributed by atoms with van der Waals surface area (Å²) in [5.41, 5.74) is 5.46. The average molecular weight is 405 g/mol. The van der Waals surface area contributed by atoms with E-state index in [1.807, 2.05) is 6.07 Å². The molecule has 0 N–H and O–H groups in total. The van der Waals surface area contributed by atoms with E-state index in [1.54, 1.807) is 7.11 Å². The Morgan fingerprint density at radius 3 is 2.03 bits per heavy atom. The fourth-order valence-electron chi connectivity index (χ4n) is 5.39. The summed E-state index contributed by atoms with van der Waals surface area (Å²) in [6, 6.07) is 27.8. The highest BCUT2D eigenvalue weighted by Crippen LogP contribution is 2.53. The van der Waals surface area contributed by atoms with Gasteiger partial charge in [-0.05, 0) is 58.3 Å². The van der Waals surface area contributed by atoms with Crippen molar-refractivity contribution in [1.29, 1.82) is 0 Å². The Morgan fingerprint density at radius 1 is 0.742 bits per heavy atom. The van der Waals surface area contributed by atoms with E-state index in [0.717, 1.165) is 22.4 Å². The van der Waals surface area contributed by atoms with E-state index in [4.69, 9.17) is 9.47 Å². The van der Waals surface area contributed by atoms with Crippen LogP contribution in [0.2, 0.25) is 0 Å². The number of ether oxygens (including phenoxy) is 2. The van der Waals surface area contributed by atoms with E-state index >= 15 is 0 Å². The fourth-order valence-corrected chi connectivity index (χ4v) is 5.39. The van der Waals surface area contributed by atoms with Crippen molar-refractivity contribution < 1.29 is 9.47 Å². The zero-order chi connectivity index (χ0) is 21.2. The summed E-state index contributed by atoms with van der Waals surface area (Å²) in [5, 5.41) is 2.31. The smallest absolute Gasteiger partial charge is 0.178 e. The van der Waals surface area contributed by atoms with Crippen molar-refractivity contribution in [3.63, 3.8) is 0 Å². The summed E-state index contributed by atoms with van der Waals surface area (Å²) in [5.74, 6) is 1.77. The lowest BCUT2D eigenvalue weighted by Crippen LogP contribution is -2.43. The zero-order valence-electron chi connectivity index (χ0n) is 18.0. The van der Waals surface area contributed by atoms with Gasteiger partial charge in [-0.15, -0.1) is 0 Å². The first-order valence-electron chi connectivity index (χ1n) is 10.7. The molecule has 1 heterocycles. The van der Waals surface area contributed by atoms with Crippen molar-refractivity contribution in [1.82, 2.24) is 0 Å². The second-order valence-electron chi connectivity index (χ2n) is 8.95. The molecule has 0 aromatic heterocycles. The highest BCUT2D eigenvalue weighted by Gasteiger charge is 2.48. The van der Waals surface area contributed by atoms with Crippen LogP contribution in [0.3, 0.4) is 0 Å². The summed E-state index contributed by atoms with van der Waals surface area (Å²) in [6.07, 6.45) is 4.48. The van der Waals surface area contributed by atoms with Gasteiger partial charge in [0.2, 0.25) is 0 Å². The predicted octanol–water partition coefficient (Wildman–Crippen LogP) is 6.84. The molecule has 0 bridgehead atoms. The van der Waals surface area contributed by atoms with Crippen LogP contribution in [0.15, 0.2) is 84.9 Å². The number of hydrogen-bond acceptors (Lipinski definition) is 2. The van der Waals surface area contributed by atoms with E-state index in [2.05, 4.69) is 98.8 Å². The van der Waals surface area contributed by atoms with Gasteiger partial charge in [-0.3, -0.25) is 0 Å². The molecule has 0 atom stereocenters. The van der Waals surface area contributed by atoms with E-state index in [9.17, 15) is 0 Å². The SMILES string of the molecule is COc1ccc2c3c(ccc2c1)OC1(C=C3)c2ccccc2C(C)(C)c2ccccc21. The first-order chi connectivity index (χ1) is 15.0. The molecule has 6 rings (SSSR count). The molecule has 31 heavy (non-hydrogen) atoms. The van der Waals surface area contributed by atoms with Crippen molar-refractivity contribution >= 4 is 16.8 Å². The monoisotopic (exact) mass is 404 g/mol. The minimum Gasteiger partial charge on any atom is -0.497 e. The molecule has 1 aliphatic carbocycles. The number of fused-ring (bicyclic) bond motifs is 7. The van der Waals surface area contributed by atoms with Crippen LogP contribution in [0.5, 0.6) is 11.5 Å². The van der Waals surface area contributed by atoms with Gasteiger partial charge in [-0.2, -0.15) is 0 Å². The van der Waals surface area contributed by atoms with E-state index in [1.165, 1.54) is 27.6 Å². The van der Waals surface area contributed by atoms with Gasteiger partial charge in [0.15, 0.2) is 5.60 Å². The van der Waals surface area contributed by atoms with Crippen molar-refractivity contribution in [2.75, 3.05) is 7.11 Å². The predicted molar refractivity (Wildman–Crippen MR) is 126 cm³/mol. The molecular formula is C29H24O2. The van der Waals surface area contributed by atoms with Crippen molar-refractivity contribution in [3.05, 3.63) is 113 Å². The maximum absolute atomic E-state index is 6.95. The molecule has 0 amide bonds. The van der Waals surface area contributed by atoms with Gasteiger partial charge < -0.3 is 9.47 Å². The van der Waals surface area contributed by atoms with Crippen LogP contribution in [0, 0.1) is 0 Å². The molecule has 4 aromatic rings. The van der Waals surface area contributed by atoms with Gasteiger partial charge in [0.1, 0.15) is 11.5 Å². The summed E-state index contributed by atoms with van der Waals surface area (Å²) in [7, 11) is 1.70. The third-order valence-corrected chi connectivity index (χ3v) is 6.99. The van der Waals surface area contributed by atoms with Crippen LogP contribution in [-0.2, 0) is 11.0 Å². The molecule has 0 fully saturated rings. The van der Waals surface area contributed by atoms with Crippen LogP contribution in [0.25, 0.3) is 16.8 Å². The first kappa shape index (κ1) is 18.3. The minimum absolute atomic E-state index is 0.0874. The molecule has 4 aromatic carbocycles. The lowest BCUT2D eigenvalue weighted by Gasteiger charge is -2.46. The highest BCUT2D eigenvalue weighted by atomic mass is 16.5. The maximum atomic E-state index is 6.95. The minimum atomic E-state index is -0.629. The molecule has 0 radical (unpaired) electrons. The summed E-state index contributed by atoms with van der Waals surface area (Å²) in [6.45, 7) is 4.61. The van der Waals surface area contributed by atoms with Crippen LogP contribution in [0.1, 0.15) is 41.7 Å². The van der Waals surface area contributed by atoms with Gasteiger partial charge in [-0.25, -0.2) is 0 Å². The van der Waals surface area contributed by atoms with Crippen molar-refractivity contribution in [2.24, 2.45) is 0 Å². The van der Waals surface area contributed by atoms with Crippen molar-refractivity contribution in [2.45, 2.75) is 24.9 Å². The van der Waals surface area contributed by atoms with Crippen LogP contribution < -0.4 is 9.47 Å². The summed E-state index contributed by atoms with van der Waals surface area (Å²) >= 11 is 0. The maximum Gasteiger partial charge on any atom is 0.178 e. The molecule has 0 unspecified atom stereocenters. The molecule has 2 nitrogen and oxygen atoms in total. The van der Waals surface area contributed by atoms with Gasteiger partial charge in [0.05, 0.1) is 7.11 Å². The average Bonchev–Trinajstić information content (AvgIpc) is 2.82. The van der Waals surface area contributed by atoms with Gasteiger partial charge in [-0.1, -0.05) is 68.4 Å². The number of hydrogen-bond donors (Lipinski definition) is 0. The van der Waals surface area contributed by atoms with Gasteiger partial charge >= 0.3 is 0 Å². The van der Waals surface area contributed by atoms with Crippen LogP contribution in [-0.4, -0.2) is 7.11 Å². The lowest BCUT2D eigenvalue weighted by atomic mass is 9.63. The van der Waals surface area contributed by atoms with Crippen LogP contribution >= 0.6 is 0 Å². The number of benzene rings is 4. The second-order valence-corrected chi connectivity index (χ2v) is 8.95. The third-order valence-electron chi connectivity index (χ3n) is 6.99. The number of methoxy groups -OCH3 is 1. The topological polar surface area (TPSA) is 18.5 Å². The molecule has 152 valence electrons. The normalized spacial score (nSPS) is 16.9. The Morgan fingerprint density at radius 2 is 1.39 bits per heavy atom. The largest absolute Gasteiger partial charge is 0.497 e. The van der Waals surface area contributed by atoms with E-state index in [0.29, 0.717) is 0 Å². The van der Waals surface area contributed by atoms with Crippen LogP contribution in [0.4, 0.5) is 0 Å². The molecule has 1 spiro atoms. The zero-order valence-corrected chi connectivity index (χ0v) is 18.0. The Labute approximate surface area is 182 Å². The molecular weight excluding hydrogens is 380 g/mol. The van der Waals surface area contributed by atoms with Gasteiger partial charge in [0, 0.05) is 22.1 Å². The fraction of sp³-hybridized carbons (Fsp3) is 0.172. The Bertz CT molecular complexity index is 1330. The molecule has 2 heteroatoms. The summed E-state index contributed by atoms with van der Waals surface area (Å²) < 4.78 is 12.4. The molecule has 0 saturated heterocycles. The highest BCUT2D eigenvalue weighted by molar-refractivity contribution is 5.95. The number of rotatable bonds is 1. The first-order valence-corrected chi connectivity index (χ1v) is 10.7. The third kappa shape index (κ3) is 2.39. The second kappa shape index (κ2) is 6.24. The Hall–Kier alpha value is -3.52. The Balaban J connectivity index is 1.61.